The lowest BCUT2D eigenvalue weighted by Gasteiger charge is -2.28. The number of ether oxygens (including phenoxy) is 2. The van der Waals surface area contributed by atoms with Gasteiger partial charge in [-0.05, 0) is 83.5 Å². The first-order chi connectivity index (χ1) is 29.4. The molecule has 0 aliphatic heterocycles. The fourth-order valence-electron chi connectivity index (χ4n) is 5.24. The molecule has 0 spiro atoms. The first-order valence-electron chi connectivity index (χ1n) is 22.7. The highest BCUT2D eigenvalue weighted by Crippen LogP contribution is 2.38. The minimum absolute atomic E-state index is 0.0654. The van der Waals surface area contributed by atoms with Crippen molar-refractivity contribution >= 4 is 19.8 Å². The summed E-state index contributed by atoms with van der Waals surface area (Å²) in [6.45, 7) is 3.88. The highest BCUT2D eigenvalue weighted by molar-refractivity contribution is 7.45. The summed E-state index contributed by atoms with van der Waals surface area (Å²) in [6, 6.07) is 0. The smallest absolute Gasteiger partial charge is 0.306 e. The molecule has 0 radical (unpaired) electrons. The number of phosphoric ester groups is 1. The molecule has 0 saturated heterocycles. The molecule has 0 aliphatic carbocycles. The van der Waals surface area contributed by atoms with E-state index in [0.29, 0.717) is 36.7 Å². The molecule has 0 aliphatic rings. The van der Waals surface area contributed by atoms with E-state index in [1.54, 1.807) is 12.2 Å². The van der Waals surface area contributed by atoms with Crippen LogP contribution in [0.15, 0.2) is 109 Å². The van der Waals surface area contributed by atoms with E-state index in [0.717, 1.165) is 38.5 Å². The first kappa shape index (κ1) is 57.6. The molecule has 1 N–H and O–H groups in total. The number of carbonyl (C=O) groups is 2. The number of likely N-dealkylation sites (N-methyl/N-ethyl adjacent to an activating group) is 1. The maximum atomic E-state index is 12.7. The zero-order valence-corrected chi connectivity index (χ0v) is 39.3. The highest BCUT2D eigenvalue weighted by atomic mass is 31.2. The molecule has 0 aromatic carbocycles. The fourth-order valence-corrected chi connectivity index (χ4v) is 5.97. The van der Waals surface area contributed by atoms with Gasteiger partial charge in [0.15, 0.2) is 6.10 Å². The predicted octanol–water partition coefficient (Wildman–Crippen LogP) is 11.5. The van der Waals surface area contributed by atoms with Crippen molar-refractivity contribution in [3.05, 3.63) is 109 Å². The number of esters is 2. The standard InChI is InChI=1S/C50H82NO9P/c1-6-8-10-12-14-16-17-18-19-20-21-22-23-24-25-27-29-33-38-42-50(54)60-48(46-59-61(55,56)58-44-43-51(3,4)5)45-57-49(53)41-37-34-30-32-36-40-47(52)39-35-31-28-26-15-13-11-9-7-2/h14-16,18-19,21-22,24-26,29-33,35-36,40,47-48,52H,6-13,17,20,23,27-28,34,37-39,41-46H2,1-5H3/b16-14-,19-18-,22-21-,25-24-,26-15-,32-30+,33-29-,35-31-,40-36-/t47?,48-/m1/s1. The summed E-state index contributed by atoms with van der Waals surface area (Å²) >= 11 is 0. The lowest BCUT2D eigenvalue weighted by Crippen LogP contribution is -2.37. The summed E-state index contributed by atoms with van der Waals surface area (Å²) in [7, 11) is 1.02. The van der Waals surface area contributed by atoms with Gasteiger partial charge in [-0.15, -0.1) is 0 Å². The Hall–Kier alpha value is -3.37. The van der Waals surface area contributed by atoms with Crippen molar-refractivity contribution in [2.24, 2.45) is 0 Å². The van der Waals surface area contributed by atoms with Crippen LogP contribution in [-0.2, 0) is 32.7 Å². The van der Waals surface area contributed by atoms with E-state index in [1.807, 2.05) is 51.5 Å². The van der Waals surface area contributed by atoms with Crippen LogP contribution < -0.4 is 4.89 Å². The Morgan fingerprint density at radius 2 is 1.11 bits per heavy atom. The number of quaternary nitrogens is 1. The van der Waals surface area contributed by atoms with Gasteiger partial charge in [-0.2, -0.15) is 0 Å². The molecule has 11 heteroatoms. The molecular weight excluding hydrogens is 790 g/mol. The second-order valence-corrected chi connectivity index (χ2v) is 17.3. The second kappa shape index (κ2) is 40.7. The van der Waals surface area contributed by atoms with Crippen molar-refractivity contribution in [3.8, 4) is 0 Å². The van der Waals surface area contributed by atoms with E-state index >= 15 is 0 Å². The molecule has 2 unspecified atom stereocenters. The predicted molar refractivity (Wildman–Crippen MR) is 251 cm³/mol. The molecule has 10 nitrogen and oxygen atoms in total. The number of aliphatic hydroxyl groups excluding tert-OH is 1. The van der Waals surface area contributed by atoms with Gasteiger partial charge in [0.25, 0.3) is 7.82 Å². The Labute approximate surface area is 370 Å². The van der Waals surface area contributed by atoms with Gasteiger partial charge in [0.05, 0.1) is 33.9 Å². The van der Waals surface area contributed by atoms with Gasteiger partial charge >= 0.3 is 11.9 Å². The third kappa shape index (κ3) is 44.5. The van der Waals surface area contributed by atoms with Crippen LogP contribution in [-0.4, -0.2) is 81.2 Å². The van der Waals surface area contributed by atoms with Crippen LogP contribution in [0.1, 0.15) is 136 Å². The first-order valence-corrected chi connectivity index (χ1v) is 24.2. The number of phosphoric acid groups is 1. The van der Waals surface area contributed by atoms with E-state index in [-0.39, 0.29) is 26.1 Å². The molecule has 61 heavy (non-hydrogen) atoms. The average Bonchev–Trinajstić information content (AvgIpc) is 3.21. The number of unbranched alkanes of at least 4 members (excludes halogenated alkanes) is 7. The monoisotopic (exact) mass is 872 g/mol. The Morgan fingerprint density at radius 3 is 1.66 bits per heavy atom. The SMILES string of the molecule is CCCCC/C=C\C/C=C\C/C=C\C/C=C\C/C=C\CCC(=O)O[C@H](COC(=O)CCC/C=C/C=C\C(O)C/C=C\C/C=C\CCCCC)COP(=O)([O-])OCC[N+](C)(C)C. The summed E-state index contributed by atoms with van der Waals surface area (Å²) in [4.78, 5) is 37.5. The van der Waals surface area contributed by atoms with Crippen molar-refractivity contribution < 1.29 is 47.2 Å². The minimum atomic E-state index is -4.69. The zero-order chi connectivity index (χ0) is 45.1. The van der Waals surface area contributed by atoms with Crippen LogP contribution in [0.5, 0.6) is 0 Å². The minimum Gasteiger partial charge on any atom is -0.756 e. The number of rotatable bonds is 39. The average molecular weight is 872 g/mol. The van der Waals surface area contributed by atoms with Crippen molar-refractivity contribution in [2.45, 2.75) is 148 Å². The van der Waals surface area contributed by atoms with Gasteiger partial charge in [0.1, 0.15) is 19.8 Å². The van der Waals surface area contributed by atoms with E-state index < -0.39 is 38.6 Å². The molecule has 0 rings (SSSR count). The van der Waals surface area contributed by atoms with Crippen LogP contribution >= 0.6 is 7.82 Å². The van der Waals surface area contributed by atoms with Crippen LogP contribution in [0.4, 0.5) is 0 Å². The van der Waals surface area contributed by atoms with E-state index in [4.69, 9.17) is 18.5 Å². The highest BCUT2D eigenvalue weighted by Gasteiger charge is 2.21. The molecule has 0 bridgehead atoms. The van der Waals surface area contributed by atoms with Crippen LogP contribution in [0.3, 0.4) is 0 Å². The molecule has 3 atom stereocenters. The molecule has 0 heterocycles. The van der Waals surface area contributed by atoms with Gasteiger partial charge in [0.2, 0.25) is 0 Å². The summed E-state index contributed by atoms with van der Waals surface area (Å²) in [6.07, 6.45) is 51.6. The number of allylic oxidation sites excluding steroid dienone is 16. The number of carbonyl (C=O) groups excluding carboxylic acids is 2. The van der Waals surface area contributed by atoms with Gasteiger partial charge in [-0.3, -0.25) is 14.2 Å². The Morgan fingerprint density at radius 1 is 0.607 bits per heavy atom. The number of hydrogen-bond donors (Lipinski definition) is 1. The normalized spacial score (nSPS) is 15.1. The van der Waals surface area contributed by atoms with Crippen LogP contribution in [0.25, 0.3) is 0 Å². The van der Waals surface area contributed by atoms with Crippen molar-refractivity contribution in [1.82, 2.24) is 0 Å². The fraction of sp³-hybridized carbons (Fsp3) is 0.600. The van der Waals surface area contributed by atoms with Crippen LogP contribution in [0, 0.1) is 0 Å². The zero-order valence-electron chi connectivity index (χ0n) is 38.4. The summed E-state index contributed by atoms with van der Waals surface area (Å²) in [5.74, 6) is -1.07. The molecule has 0 fully saturated rings. The number of nitrogens with zero attached hydrogens (tertiary/aromatic N) is 1. The molecule has 0 saturated carbocycles. The van der Waals surface area contributed by atoms with Gasteiger partial charge in [0, 0.05) is 12.8 Å². The van der Waals surface area contributed by atoms with Gasteiger partial charge < -0.3 is 33.0 Å². The third-order valence-corrected chi connectivity index (χ3v) is 9.82. The summed E-state index contributed by atoms with van der Waals surface area (Å²) in [5.41, 5.74) is 0. The van der Waals surface area contributed by atoms with E-state index in [9.17, 15) is 24.2 Å². The van der Waals surface area contributed by atoms with E-state index in [1.165, 1.54) is 44.9 Å². The summed E-state index contributed by atoms with van der Waals surface area (Å²) < 4.78 is 33.7. The maximum Gasteiger partial charge on any atom is 0.306 e. The summed E-state index contributed by atoms with van der Waals surface area (Å²) in [5, 5.41) is 10.1. The number of aliphatic hydroxyl groups is 1. The second-order valence-electron chi connectivity index (χ2n) is 15.9. The van der Waals surface area contributed by atoms with Crippen molar-refractivity contribution in [1.29, 1.82) is 0 Å². The Bertz CT molecular complexity index is 1420. The quantitative estimate of drug-likeness (QED) is 0.0160. The lowest BCUT2D eigenvalue weighted by atomic mass is 10.2. The van der Waals surface area contributed by atoms with E-state index in [2.05, 4.69) is 80.7 Å². The van der Waals surface area contributed by atoms with Crippen molar-refractivity contribution in [2.75, 3.05) is 47.5 Å². The molecular formula is C50H82NO9P. The molecule has 0 aromatic heterocycles. The molecule has 0 amide bonds. The molecule has 346 valence electrons. The lowest BCUT2D eigenvalue weighted by molar-refractivity contribution is -0.870. The topological polar surface area (TPSA) is 131 Å². The van der Waals surface area contributed by atoms with Crippen molar-refractivity contribution in [3.63, 3.8) is 0 Å². The number of hydrogen-bond acceptors (Lipinski definition) is 9. The third-order valence-electron chi connectivity index (χ3n) is 8.86. The van der Waals surface area contributed by atoms with Crippen LogP contribution in [0.2, 0.25) is 0 Å². The Balaban J connectivity index is 4.67. The maximum absolute atomic E-state index is 12.7. The Kier molecular flexibility index (Phi) is 38.4. The van der Waals surface area contributed by atoms with Gasteiger partial charge in [-0.25, -0.2) is 0 Å². The van der Waals surface area contributed by atoms with Gasteiger partial charge in [-0.1, -0.05) is 149 Å². The molecule has 0 aromatic rings. The largest absolute Gasteiger partial charge is 0.756 e.